The molecule has 10 nitrogen and oxygen atoms in total. The zero-order valence-corrected chi connectivity index (χ0v) is 28.9. The molecule has 0 N–H and O–H groups in total. The fourth-order valence-corrected chi connectivity index (χ4v) is 4.63. The van der Waals surface area contributed by atoms with E-state index in [1.165, 1.54) is 0 Å². The lowest BCUT2D eigenvalue weighted by molar-refractivity contribution is -0.138. The van der Waals surface area contributed by atoms with Gasteiger partial charge in [0.25, 0.3) is 0 Å². The van der Waals surface area contributed by atoms with Gasteiger partial charge in [0.15, 0.2) is 0 Å². The summed E-state index contributed by atoms with van der Waals surface area (Å²) < 4.78 is 32.8. The highest BCUT2D eigenvalue weighted by molar-refractivity contribution is 5.92. The van der Waals surface area contributed by atoms with E-state index < -0.39 is 23.9 Å². The average Bonchev–Trinajstić information content (AvgIpc) is 3.12. The summed E-state index contributed by atoms with van der Waals surface area (Å²) in [6.45, 7) is 12.1. The minimum absolute atomic E-state index is 0.365. The lowest BCUT2D eigenvalue weighted by Gasteiger charge is -2.13. The van der Waals surface area contributed by atoms with Gasteiger partial charge in [0.05, 0.1) is 37.6 Å². The molecule has 0 aliphatic rings. The third-order valence-electron chi connectivity index (χ3n) is 7.49. The van der Waals surface area contributed by atoms with Crippen molar-refractivity contribution in [2.24, 2.45) is 0 Å². The van der Waals surface area contributed by atoms with Gasteiger partial charge in [-0.2, -0.15) is 0 Å². The van der Waals surface area contributed by atoms with Gasteiger partial charge >= 0.3 is 23.9 Å². The first-order chi connectivity index (χ1) is 24.2. The molecule has 10 heteroatoms. The normalized spacial score (nSPS) is 10.4. The largest absolute Gasteiger partial charge is 0.494 e. The molecule has 3 rings (SSSR count). The molecule has 266 valence electrons. The molecule has 0 aromatic heterocycles. The molecule has 50 heavy (non-hydrogen) atoms. The number of carbonyl (C=O) groups excluding carboxylic acids is 4. The maximum Gasteiger partial charge on any atom is 0.343 e. The van der Waals surface area contributed by atoms with Gasteiger partial charge in [-0.3, -0.25) is 0 Å². The number of hydrogen-bond acceptors (Lipinski definition) is 10. The quantitative estimate of drug-likeness (QED) is 0.0444. The van der Waals surface area contributed by atoms with Crippen molar-refractivity contribution >= 4 is 23.9 Å². The SMILES string of the molecule is C=CC(=O)OCCCCCCOc1ccc(C(=O)Oc2cc(C)c(OC(=O)c3ccc(OCCCCCCOC(=O)C=C)cc3)cc2C)cc1. The van der Waals surface area contributed by atoms with E-state index in [0.717, 1.165) is 63.5 Å². The Balaban J connectivity index is 1.39. The van der Waals surface area contributed by atoms with Crippen LogP contribution in [0.5, 0.6) is 23.0 Å². The molecule has 0 amide bonds. The van der Waals surface area contributed by atoms with Gasteiger partial charge in [-0.15, -0.1) is 0 Å². The summed E-state index contributed by atoms with van der Waals surface area (Å²) in [5, 5.41) is 0. The van der Waals surface area contributed by atoms with E-state index in [1.54, 1.807) is 74.5 Å². The van der Waals surface area contributed by atoms with E-state index in [4.69, 9.17) is 28.4 Å². The molecule has 0 aliphatic heterocycles. The van der Waals surface area contributed by atoms with E-state index in [9.17, 15) is 19.2 Å². The summed E-state index contributed by atoms with van der Waals surface area (Å²) in [6, 6.07) is 16.8. The van der Waals surface area contributed by atoms with Gasteiger partial charge in [-0.05, 0) is 137 Å². The highest BCUT2D eigenvalue weighted by Gasteiger charge is 2.16. The summed E-state index contributed by atoms with van der Waals surface area (Å²) in [6.07, 6.45) is 9.33. The second kappa shape index (κ2) is 21.6. The Kier molecular flexibility index (Phi) is 16.8. The summed E-state index contributed by atoms with van der Waals surface area (Å²) in [5.41, 5.74) is 2.00. The van der Waals surface area contributed by atoms with E-state index in [0.29, 0.717) is 71.7 Å². The lowest BCUT2D eigenvalue weighted by Crippen LogP contribution is -2.11. The molecule has 0 radical (unpaired) electrons. The average molecular weight is 687 g/mol. The summed E-state index contributed by atoms with van der Waals surface area (Å²) in [4.78, 5) is 47.8. The molecule has 0 fully saturated rings. The third kappa shape index (κ3) is 14.0. The zero-order valence-electron chi connectivity index (χ0n) is 28.9. The summed E-state index contributed by atoms with van der Waals surface area (Å²) in [7, 11) is 0. The number of carbonyl (C=O) groups is 4. The predicted molar refractivity (Wildman–Crippen MR) is 189 cm³/mol. The van der Waals surface area contributed by atoms with Gasteiger partial charge in [-0.1, -0.05) is 13.2 Å². The molecule has 3 aromatic rings. The second-order valence-electron chi connectivity index (χ2n) is 11.5. The predicted octanol–water partition coefficient (Wildman–Crippen LogP) is 8.08. The van der Waals surface area contributed by atoms with Gasteiger partial charge in [0.1, 0.15) is 23.0 Å². The van der Waals surface area contributed by atoms with Crippen LogP contribution in [-0.4, -0.2) is 50.3 Å². The van der Waals surface area contributed by atoms with Crippen LogP contribution in [0.25, 0.3) is 0 Å². The van der Waals surface area contributed by atoms with E-state index in [-0.39, 0.29) is 0 Å². The fraction of sp³-hybridized carbons (Fsp3) is 0.350. The van der Waals surface area contributed by atoms with Crippen LogP contribution in [0.1, 0.15) is 83.2 Å². The highest BCUT2D eigenvalue weighted by atomic mass is 16.5. The van der Waals surface area contributed by atoms with Crippen LogP contribution in [0.3, 0.4) is 0 Å². The number of ether oxygens (including phenoxy) is 6. The van der Waals surface area contributed by atoms with Crippen molar-refractivity contribution < 1.29 is 47.6 Å². The smallest absolute Gasteiger partial charge is 0.343 e. The third-order valence-corrected chi connectivity index (χ3v) is 7.49. The molecule has 0 spiro atoms. The van der Waals surface area contributed by atoms with E-state index in [2.05, 4.69) is 13.2 Å². The van der Waals surface area contributed by atoms with Gasteiger partial charge in [-0.25, -0.2) is 19.2 Å². The Bertz CT molecular complexity index is 1460. The standard InChI is InChI=1S/C40H46O10/c1-5-37(41)47-25-13-9-7-11-23-45-33-19-15-31(16-20-33)39(43)49-35-27-30(4)36(28-29(35)3)50-40(44)32-17-21-34(22-18-32)46-24-12-8-10-14-26-48-38(42)6-2/h5-6,15-22,27-28H,1-2,7-14,23-26H2,3-4H3. The molecular formula is C40H46O10. The van der Waals surface area contributed by atoms with Gasteiger partial charge in [0.2, 0.25) is 0 Å². The maximum atomic E-state index is 12.9. The van der Waals surface area contributed by atoms with E-state index >= 15 is 0 Å². The van der Waals surface area contributed by atoms with Crippen LogP contribution in [0.2, 0.25) is 0 Å². The first-order valence-electron chi connectivity index (χ1n) is 16.8. The molecule has 0 aliphatic carbocycles. The highest BCUT2D eigenvalue weighted by Crippen LogP contribution is 2.29. The second-order valence-corrected chi connectivity index (χ2v) is 11.5. The van der Waals surface area contributed by atoms with Crippen molar-refractivity contribution in [2.45, 2.75) is 65.2 Å². The van der Waals surface area contributed by atoms with Crippen LogP contribution >= 0.6 is 0 Å². The minimum atomic E-state index is -0.519. The fourth-order valence-electron chi connectivity index (χ4n) is 4.63. The van der Waals surface area contributed by atoms with E-state index in [1.807, 2.05) is 0 Å². The van der Waals surface area contributed by atoms with Crippen molar-refractivity contribution in [3.63, 3.8) is 0 Å². The maximum absolute atomic E-state index is 12.9. The molecule has 0 saturated carbocycles. The minimum Gasteiger partial charge on any atom is -0.494 e. The van der Waals surface area contributed by atoms with Gasteiger partial charge < -0.3 is 28.4 Å². The molecule has 0 unspecified atom stereocenters. The Morgan fingerprint density at radius 2 is 0.860 bits per heavy atom. The first kappa shape index (κ1) is 39.1. The van der Waals surface area contributed by atoms with Crippen LogP contribution in [0, 0.1) is 13.8 Å². The molecule has 0 heterocycles. The molecule has 0 bridgehead atoms. The van der Waals surface area contributed by atoms with Crippen molar-refractivity contribution in [1.82, 2.24) is 0 Å². The number of esters is 4. The van der Waals surface area contributed by atoms with Crippen LogP contribution < -0.4 is 18.9 Å². The monoisotopic (exact) mass is 686 g/mol. The molecule has 0 atom stereocenters. The van der Waals surface area contributed by atoms with Crippen LogP contribution in [0.4, 0.5) is 0 Å². The van der Waals surface area contributed by atoms with Crippen LogP contribution in [0.15, 0.2) is 86.0 Å². The number of aryl methyl sites for hydroxylation is 2. The number of unbranched alkanes of at least 4 members (excludes halogenated alkanes) is 6. The number of benzene rings is 3. The Morgan fingerprint density at radius 1 is 0.520 bits per heavy atom. The van der Waals surface area contributed by atoms with Crippen molar-refractivity contribution in [3.8, 4) is 23.0 Å². The Morgan fingerprint density at radius 3 is 1.20 bits per heavy atom. The summed E-state index contributed by atoms with van der Waals surface area (Å²) >= 11 is 0. The van der Waals surface area contributed by atoms with Crippen LogP contribution in [-0.2, 0) is 19.1 Å². The van der Waals surface area contributed by atoms with Crippen molar-refractivity contribution in [3.05, 3.63) is 108 Å². The van der Waals surface area contributed by atoms with Crippen molar-refractivity contribution in [2.75, 3.05) is 26.4 Å². The summed E-state index contributed by atoms with van der Waals surface area (Å²) in [5.74, 6) is 0.179. The molecule has 0 saturated heterocycles. The first-order valence-corrected chi connectivity index (χ1v) is 16.8. The molecule has 3 aromatic carbocycles. The zero-order chi connectivity index (χ0) is 36.1. The Labute approximate surface area is 294 Å². The van der Waals surface area contributed by atoms with Gasteiger partial charge in [0, 0.05) is 12.2 Å². The Hall–Kier alpha value is -5.38. The number of hydrogen-bond donors (Lipinski definition) is 0. The number of rotatable bonds is 22. The lowest BCUT2D eigenvalue weighted by atomic mass is 10.1. The molecular weight excluding hydrogens is 640 g/mol. The topological polar surface area (TPSA) is 124 Å². The van der Waals surface area contributed by atoms with Crippen molar-refractivity contribution in [1.29, 1.82) is 0 Å².